The largest absolute Gasteiger partial charge is 0.439 e. The number of ether oxygens (including phenoxy) is 1. The smallest absolute Gasteiger partial charge is 0.222 e. The van der Waals surface area contributed by atoms with Crippen LogP contribution in [0.4, 0.5) is 5.69 Å². The van der Waals surface area contributed by atoms with Crippen molar-refractivity contribution >= 4 is 28.9 Å². The second-order valence-electron chi connectivity index (χ2n) is 3.57. The molecule has 0 spiro atoms. The highest BCUT2D eigenvalue weighted by Gasteiger charge is 2.05. The maximum absolute atomic E-state index is 5.89. The Labute approximate surface area is 109 Å². The zero-order chi connectivity index (χ0) is 12.4. The van der Waals surface area contributed by atoms with E-state index in [2.05, 4.69) is 4.98 Å². The molecule has 2 rings (SSSR count). The molecule has 17 heavy (non-hydrogen) atoms. The molecule has 0 atom stereocenters. The minimum absolute atomic E-state index is 0.442. The minimum atomic E-state index is 0.442. The van der Waals surface area contributed by atoms with Gasteiger partial charge in [0.15, 0.2) is 0 Å². The zero-order valence-electron chi connectivity index (χ0n) is 9.08. The Hall–Kier alpha value is -1.45. The molecule has 2 N–H and O–H groups in total. The van der Waals surface area contributed by atoms with E-state index < -0.39 is 0 Å². The highest BCUT2D eigenvalue weighted by molar-refractivity contribution is 6.42. The van der Waals surface area contributed by atoms with Gasteiger partial charge in [0, 0.05) is 11.6 Å². The van der Waals surface area contributed by atoms with E-state index in [1.54, 1.807) is 30.5 Å². The van der Waals surface area contributed by atoms with Crippen molar-refractivity contribution in [1.82, 2.24) is 4.98 Å². The molecule has 5 heteroatoms. The van der Waals surface area contributed by atoms with Gasteiger partial charge < -0.3 is 10.5 Å². The van der Waals surface area contributed by atoms with E-state index in [0.29, 0.717) is 27.4 Å². The van der Waals surface area contributed by atoms with Crippen LogP contribution in [0, 0.1) is 6.92 Å². The van der Waals surface area contributed by atoms with Crippen LogP contribution in [0.25, 0.3) is 0 Å². The maximum Gasteiger partial charge on any atom is 0.222 e. The number of aryl methyl sites for hydroxylation is 1. The normalized spacial score (nSPS) is 10.3. The third-order valence-corrected chi connectivity index (χ3v) is 2.90. The summed E-state index contributed by atoms with van der Waals surface area (Å²) in [7, 11) is 0. The Morgan fingerprint density at radius 3 is 2.59 bits per heavy atom. The average Bonchev–Trinajstić information content (AvgIpc) is 2.27. The van der Waals surface area contributed by atoms with Crippen molar-refractivity contribution in [3.8, 4) is 11.6 Å². The lowest BCUT2D eigenvalue weighted by Gasteiger charge is -2.08. The second-order valence-corrected chi connectivity index (χ2v) is 4.38. The number of nitrogen functional groups attached to an aromatic ring is 1. The molecular formula is C12H10Cl2N2O. The first-order chi connectivity index (χ1) is 8.06. The average molecular weight is 269 g/mol. The van der Waals surface area contributed by atoms with Crippen LogP contribution in [0.15, 0.2) is 30.5 Å². The first-order valence-electron chi connectivity index (χ1n) is 4.91. The van der Waals surface area contributed by atoms with Crippen LogP contribution in [-0.4, -0.2) is 4.98 Å². The summed E-state index contributed by atoms with van der Waals surface area (Å²) in [6.07, 6.45) is 1.54. The topological polar surface area (TPSA) is 48.1 Å². The van der Waals surface area contributed by atoms with E-state index in [9.17, 15) is 0 Å². The number of anilines is 1. The molecule has 0 unspecified atom stereocenters. The van der Waals surface area contributed by atoms with Crippen LogP contribution in [0.1, 0.15) is 5.56 Å². The van der Waals surface area contributed by atoms with Gasteiger partial charge in [-0.1, -0.05) is 23.2 Å². The lowest BCUT2D eigenvalue weighted by Crippen LogP contribution is -1.94. The number of halogens is 2. The molecule has 0 aliphatic heterocycles. The monoisotopic (exact) mass is 268 g/mol. The molecule has 88 valence electrons. The summed E-state index contributed by atoms with van der Waals surface area (Å²) in [4.78, 5) is 4.10. The first-order valence-corrected chi connectivity index (χ1v) is 5.67. The number of benzene rings is 1. The molecule has 0 radical (unpaired) electrons. The van der Waals surface area contributed by atoms with Gasteiger partial charge in [0.25, 0.3) is 0 Å². The summed E-state index contributed by atoms with van der Waals surface area (Å²) in [5.74, 6) is 1.08. The molecule has 0 amide bonds. The fourth-order valence-corrected chi connectivity index (χ4v) is 1.63. The van der Waals surface area contributed by atoms with E-state index >= 15 is 0 Å². The summed E-state index contributed by atoms with van der Waals surface area (Å²) in [6.45, 7) is 1.87. The van der Waals surface area contributed by atoms with E-state index in [0.717, 1.165) is 5.56 Å². The van der Waals surface area contributed by atoms with Crippen LogP contribution in [-0.2, 0) is 0 Å². The van der Waals surface area contributed by atoms with E-state index in [4.69, 9.17) is 33.7 Å². The SMILES string of the molecule is Cc1cc(N)cnc1Oc1ccc(Cl)c(Cl)c1. The highest BCUT2D eigenvalue weighted by atomic mass is 35.5. The van der Waals surface area contributed by atoms with Gasteiger partial charge in [0.05, 0.1) is 21.9 Å². The Morgan fingerprint density at radius 2 is 1.94 bits per heavy atom. The Kier molecular flexibility index (Phi) is 3.41. The molecule has 1 heterocycles. The van der Waals surface area contributed by atoms with Crippen molar-refractivity contribution in [3.63, 3.8) is 0 Å². The molecule has 0 saturated carbocycles. The third kappa shape index (κ3) is 2.81. The molecule has 0 aliphatic carbocycles. The van der Waals surface area contributed by atoms with E-state index in [-0.39, 0.29) is 0 Å². The van der Waals surface area contributed by atoms with Crippen LogP contribution >= 0.6 is 23.2 Å². The number of pyridine rings is 1. The summed E-state index contributed by atoms with van der Waals surface area (Å²) >= 11 is 11.7. The second kappa shape index (κ2) is 4.82. The third-order valence-electron chi connectivity index (χ3n) is 2.16. The molecular weight excluding hydrogens is 259 g/mol. The lowest BCUT2D eigenvalue weighted by atomic mass is 10.3. The minimum Gasteiger partial charge on any atom is -0.439 e. The van der Waals surface area contributed by atoms with Crippen molar-refractivity contribution in [3.05, 3.63) is 46.1 Å². The van der Waals surface area contributed by atoms with Crippen LogP contribution in [0.3, 0.4) is 0 Å². The lowest BCUT2D eigenvalue weighted by molar-refractivity contribution is 0.459. The number of rotatable bonds is 2. The van der Waals surface area contributed by atoms with Crippen molar-refractivity contribution in [2.24, 2.45) is 0 Å². The van der Waals surface area contributed by atoms with Gasteiger partial charge in [-0.05, 0) is 25.1 Å². The van der Waals surface area contributed by atoms with Crippen molar-refractivity contribution in [2.45, 2.75) is 6.92 Å². The van der Waals surface area contributed by atoms with Gasteiger partial charge in [0.2, 0.25) is 5.88 Å². The van der Waals surface area contributed by atoms with Gasteiger partial charge in [-0.2, -0.15) is 0 Å². The van der Waals surface area contributed by atoms with Gasteiger partial charge in [0.1, 0.15) is 5.75 Å². The van der Waals surface area contributed by atoms with Gasteiger partial charge in [-0.15, -0.1) is 0 Å². The van der Waals surface area contributed by atoms with Gasteiger partial charge in [-0.25, -0.2) is 4.98 Å². The Balaban J connectivity index is 2.28. The van der Waals surface area contributed by atoms with Crippen molar-refractivity contribution in [2.75, 3.05) is 5.73 Å². The summed E-state index contributed by atoms with van der Waals surface area (Å²) in [5.41, 5.74) is 7.07. The van der Waals surface area contributed by atoms with Gasteiger partial charge in [-0.3, -0.25) is 0 Å². The maximum atomic E-state index is 5.89. The molecule has 0 bridgehead atoms. The van der Waals surface area contributed by atoms with Crippen molar-refractivity contribution < 1.29 is 4.74 Å². The number of hydrogen-bond acceptors (Lipinski definition) is 3. The molecule has 0 saturated heterocycles. The molecule has 1 aromatic carbocycles. The van der Waals surface area contributed by atoms with Crippen LogP contribution in [0.5, 0.6) is 11.6 Å². The van der Waals surface area contributed by atoms with Crippen LogP contribution < -0.4 is 10.5 Å². The predicted molar refractivity (Wildman–Crippen MR) is 69.9 cm³/mol. The zero-order valence-corrected chi connectivity index (χ0v) is 10.6. The quantitative estimate of drug-likeness (QED) is 0.893. The van der Waals surface area contributed by atoms with Crippen molar-refractivity contribution in [1.29, 1.82) is 0 Å². The predicted octanol–water partition coefficient (Wildman–Crippen LogP) is 4.07. The fraction of sp³-hybridized carbons (Fsp3) is 0.0833. The number of hydrogen-bond donors (Lipinski definition) is 1. The molecule has 2 aromatic rings. The summed E-state index contributed by atoms with van der Waals surface area (Å²) in [6, 6.07) is 6.83. The highest BCUT2D eigenvalue weighted by Crippen LogP contribution is 2.30. The molecule has 0 aliphatic rings. The Morgan fingerprint density at radius 1 is 1.18 bits per heavy atom. The Bertz CT molecular complexity index is 558. The van der Waals surface area contributed by atoms with E-state index in [1.165, 1.54) is 0 Å². The van der Waals surface area contributed by atoms with Crippen LogP contribution in [0.2, 0.25) is 10.0 Å². The van der Waals surface area contributed by atoms with Gasteiger partial charge >= 0.3 is 0 Å². The number of nitrogens with two attached hydrogens (primary N) is 1. The van der Waals surface area contributed by atoms with E-state index in [1.807, 2.05) is 6.92 Å². The number of nitrogens with zero attached hydrogens (tertiary/aromatic N) is 1. The summed E-state index contributed by atoms with van der Waals surface area (Å²) < 4.78 is 5.59. The standard InChI is InChI=1S/C12H10Cl2N2O/c1-7-4-8(15)6-16-12(7)17-9-2-3-10(13)11(14)5-9/h2-6H,15H2,1H3. The molecule has 0 fully saturated rings. The molecule has 1 aromatic heterocycles. The fourth-order valence-electron chi connectivity index (χ4n) is 1.34. The number of aromatic nitrogens is 1. The summed E-state index contributed by atoms with van der Waals surface area (Å²) in [5, 5.41) is 0.929. The molecule has 3 nitrogen and oxygen atoms in total. The first kappa shape index (κ1) is 12.0.